The molecular formula is C16H21N3OS. The van der Waals surface area contributed by atoms with E-state index in [2.05, 4.69) is 41.5 Å². The molecule has 0 aliphatic carbocycles. The molecule has 0 fully saturated rings. The lowest BCUT2D eigenvalue weighted by atomic mass is 10.1. The number of carbonyl (C=O) groups is 1. The van der Waals surface area contributed by atoms with E-state index in [1.165, 1.54) is 16.9 Å². The average molecular weight is 303 g/mol. The maximum Gasteiger partial charge on any atom is 0.227 e. The summed E-state index contributed by atoms with van der Waals surface area (Å²) < 4.78 is 0. The molecule has 2 rings (SSSR count). The number of thiazole rings is 1. The van der Waals surface area contributed by atoms with Gasteiger partial charge in [-0.25, -0.2) is 4.98 Å². The smallest absolute Gasteiger partial charge is 0.227 e. The van der Waals surface area contributed by atoms with Gasteiger partial charge in [-0.2, -0.15) is 0 Å². The van der Waals surface area contributed by atoms with Crippen molar-refractivity contribution in [3.8, 4) is 11.3 Å². The Morgan fingerprint density at radius 1 is 1.33 bits per heavy atom. The van der Waals surface area contributed by atoms with E-state index < -0.39 is 0 Å². The molecule has 112 valence electrons. The number of nitrogens with zero attached hydrogens (tertiary/aromatic N) is 1. The zero-order valence-electron chi connectivity index (χ0n) is 12.5. The first-order valence-corrected chi connectivity index (χ1v) is 8.02. The monoisotopic (exact) mass is 303 g/mol. The van der Waals surface area contributed by atoms with Crippen molar-refractivity contribution in [2.45, 2.75) is 33.1 Å². The highest BCUT2D eigenvalue weighted by Gasteiger charge is 2.11. The molecule has 1 amide bonds. The molecule has 2 aromatic rings. The number of rotatable bonds is 6. The number of hydrogen-bond donors (Lipinski definition) is 2. The predicted octanol–water partition coefficient (Wildman–Crippen LogP) is 3.36. The summed E-state index contributed by atoms with van der Waals surface area (Å²) in [6.07, 6.45) is 2.56. The van der Waals surface area contributed by atoms with Crippen LogP contribution in [0.5, 0.6) is 0 Å². The van der Waals surface area contributed by atoms with Gasteiger partial charge in [0.1, 0.15) is 0 Å². The molecule has 1 heterocycles. The Labute approximate surface area is 129 Å². The van der Waals surface area contributed by atoms with Crippen LogP contribution in [0.1, 0.15) is 30.2 Å². The number of nitrogens with one attached hydrogen (secondary N) is 1. The molecule has 0 saturated carbocycles. The number of amides is 1. The first-order valence-electron chi connectivity index (χ1n) is 7.20. The zero-order valence-corrected chi connectivity index (χ0v) is 13.3. The quantitative estimate of drug-likeness (QED) is 0.860. The fourth-order valence-corrected chi connectivity index (χ4v) is 3.00. The Balaban J connectivity index is 2.16. The SMILES string of the molecule is CCCc1ccc(-c2nc(NC(=O)CCN)sc2C)cc1. The van der Waals surface area contributed by atoms with Crippen LogP contribution >= 0.6 is 11.3 Å². The summed E-state index contributed by atoms with van der Waals surface area (Å²) in [6, 6.07) is 8.48. The minimum absolute atomic E-state index is 0.0870. The van der Waals surface area contributed by atoms with Crippen molar-refractivity contribution in [2.75, 3.05) is 11.9 Å². The molecule has 0 spiro atoms. The van der Waals surface area contributed by atoms with Crippen LogP contribution in [0, 0.1) is 6.92 Å². The van der Waals surface area contributed by atoms with Gasteiger partial charge in [-0.05, 0) is 18.9 Å². The third kappa shape index (κ3) is 4.12. The minimum atomic E-state index is -0.0870. The van der Waals surface area contributed by atoms with Crippen molar-refractivity contribution in [1.82, 2.24) is 4.98 Å². The second-order valence-electron chi connectivity index (χ2n) is 4.96. The Bertz CT molecular complexity index is 604. The van der Waals surface area contributed by atoms with Crippen LogP contribution in [-0.2, 0) is 11.2 Å². The molecule has 0 saturated heterocycles. The van der Waals surface area contributed by atoms with Crippen LogP contribution in [0.2, 0.25) is 0 Å². The number of aryl methyl sites for hydroxylation is 2. The maximum absolute atomic E-state index is 11.6. The van der Waals surface area contributed by atoms with Crippen molar-refractivity contribution in [2.24, 2.45) is 5.73 Å². The summed E-state index contributed by atoms with van der Waals surface area (Å²) >= 11 is 1.49. The van der Waals surface area contributed by atoms with Crippen LogP contribution < -0.4 is 11.1 Å². The Hall–Kier alpha value is -1.72. The molecule has 3 N–H and O–H groups in total. The van der Waals surface area contributed by atoms with E-state index in [0.29, 0.717) is 18.1 Å². The molecule has 5 heteroatoms. The van der Waals surface area contributed by atoms with E-state index in [1.54, 1.807) is 0 Å². The molecule has 0 bridgehead atoms. The fraction of sp³-hybridized carbons (Fsp3) is 0.375. The first kappa shape index (κ1) is 15.7. The highest BCUT2D eigenvalue weighted by atomic mass is 32.1. The summed E-state index contributed by atoms with van der Waals surface area (Å²) in [7, 11) is 0. The van der Waals surface area contributed by atoms with Gasteiger partial charge in [-0.3, -0.25) is 4.79 Å². The molecule has 0 aliphatic heterocycles. The van der Waals surface area contributed by atoms with Crippen molar-refractivity contribution in [3.63, 3.8) is 0 Å². The second kappa shape index (κ2) is 7.33. The van der Waals surface area contributed by atoms with Crippen molar-refractivity contribution in [1.29, 1.82) is 0 Å². The Morgan fingerprint density at radius 2 is 2.05 bits per heavy atom. The average Bonchev–Trinajstić information content (AvgIpc) is 2.81. The highest BCUT2D eigenvalue weighted by molar-refractivity contribution is 7.16. The fourth-order valence-electron chi connectivity index (χ4n) is 2.15. The molecule has 1 aromatic heterocycles. The third-order valence-corrected chi connectivity index (χ3v) is 4.07. The third-order valence-electron chi connectivity index (χ3n) is 3.18. The van der Waals surface area contributed by atoms with Gasteiger partial charge < -0.3 is 11.1 Å². The molecule has 0 unspecified atom stereocenters. The summed E-state index contributed by atoms with van der Waals surface area (Å²) in [6.45, 7) is 4.54. The summed E-state index contributed by atoms with van der Waals surface area (Å²) in [5.74, 6) is -0.0870. The number of nitrogens with two attached hydrogens (primary N) is 1. The topological polar surface area (TPSA) is 68.0 Å². The van der Waals surface area contributed by atoms with E-state index in [1.807, 2.05) is 6.92 Å². The van der Waals surface area contributed by atoms with E-state index in [4.69, 9.17) is 5.73 Å². The summed E-state index contributed by atoms with van der Waals surface area (Å²) in [4.78, 5) is 17.2. The lowest BCUT2D eigenvalue weighted by molar-refractivity contribution is -0.116. The molecule has 1 aromatic carbocycles. The number of hydrogen-bond acceptors (Lipinski definition) is 4. The van der Waals surface area contributed by atoms with Crippen LogP contribution in [0.15, 0.2) is 24.3 Å². The zero-order chi connectivity index (χ0) is 15.2. The van der Waals surface area contributed by atoms with Gasteiger partial charge >= 0.3 is 0 Å². The van der Waals surface area contributed by atoms with Crippen molar-refractivity contribution < 1.29 is 4.79 Å². The van der Waals surface area contributed by atoms with Gasteiger partial charge in [0.15, 0.2) is 5.13 Å². The minimum Gasteiger partial charge on any atom is -0.330 e. The van der Waals surface area contributed by atoms with Crippen LogP contribution in [0.4, 0.5) is 5.13 Å². The summed E-state index contributed by atoms with van der Waals surface area (Å²) in [5, 5.41) is 3.43. The lowest BCUT2D eigenvalue weighted by Gasteiger charge is -2.02. The standard InChI is InChI=1S/C16H21N3OS/c1-3-4-12-5-7-13(8-6-12)15-11(2)21-16(19-15)18-14(20)9-10-17/h5-8H,3-4,9-10,17H2,1-2H3,(H,18,19,20). The van der Waals surface area contributed by atoms with Gasteiger partial charge in [-0.1, -0.05) is 37.6 Å². The number of carbonyl (C=O) groups excluding carboxylic acids is 1. The molecule has 21 heavy (non-hydrogen) atoms. The number of benzene rings is 1. The maximum atomic E-state index is 11.6. The normalized spacial score (nSPS) is 10.6. The van der Waals surface area contributed by atoms with E-state index in [-0.39, 0.29) is 5.91 Å². The first-order chi connectivity index (χ1) is 10.1. The van der Waals surface area contributed by atoms with Gasteiger partial charge in [-0.15, -0.1) is 11.3 Å². The second-order valence-corrected chi connectivity index (χ2v) is 6.16. The van der Waals surface area contributed by atoms with Crippen LogP contribution in [-0.4, -0.2) is 17.4 Å². The Kier molecular flexibility index (Phi) is 5.47. The van der Waals surface area contributed by atoms with Gasteiger partial charge in [0.05, 0.1) is 5.69 Å². The molecular weight excluding hydrogens is 282 g/mol. The predicted molar refractivity (Wildman–Crippen MR) is 88.6 cm³/mol. The largest absolute Gasteiger partial charge is 0.330 e. The number of aromatic nitrogens is 1. The van der Waals surface area contributed by atoms with Gasteiger partial charge in [0.2, 0.25) is 5.91 Å². The molecule has 0 atom stereocenters. The van der Waals surface area contributed by atoms with Crippen molar-refractivity contribution >= 4 is 22.4 Å². The summed E-state index contributed by atoms with van der Waals surface area (Å²) in [5.41, 5.74) is 8.73. The van der Waals surface area contributed by atoms with Crippen LogP contribution in [0.25, 0.3) is 11.3 Å². The molecule has 0 aliphatic rings. The van der Waals surface area contributed by atoms with Crippen molar-refractivity contribution in [3.05, 3.63) is 34.7 Å². The number of anilines is 1. The Morgan fingerprint density at radius 3 is 2.67 bits per heavy atom. The van der Waals surface area contributed by atoms with E-state index >= 15 is 0 Å². The van der Waals surface area contributed by atoms with Gasteiger partial charge in [0.25, 0.3) is 0 Å². The van der Waals surface area contributed by atoms with Crippen LogP contribution in [0.3, 0.4) is 0 Å². The lowest BCUT2D eigenvalue weighted by Crippen LogP contribution is -2.15. The van der Waals surface area contributed by atoms with E-state index in [9.17, 15) is 4.79 Å². The van der Waals surface area contributed by atoms with E-state index in [0.717, 1.165) is 29.0 Å². The highest BCUT2D eigenvalue weighted by Crippen LogP contribution is 2.30. The molecule has 0 radical (unpaired) electrons. The molecule has 4 nitrogen and oxygen atoms in total. The van der Waals surface area contributed by atoms with Gasteiger partial charge in [0, 0.05) is 23.4 Å².